The Bertz CT molecular complexity index is 891. The molecule has 2 aromatic carbocycles. The number of halogens is 1. The van der Waals surface area contributed by atoms with E-state index in [0.29, 0.717) is 5.75 Å². The molecule has 1 aliphatic heterocycles. The van der Waals surface area contributed by atoms with Gasteiger partial charge in [0, 0.05) is 5.56 Å². The SMILES string of the molecule is COc1ccc(/C=C2/SC(=O)N(CC(=O)c3ccc(F)cc3)C2=O)cc1. The normalized spacial score (nSPS) is 15.6. The highest BCUT2D eigenvalue weighted by molar-refractivity contribution is 8.18. The van der Waals surface area contributed by atoms with Crippen molar-refractivity contribution in [3.05, 3.63) is 70.4 Å². The van der Waals surface area contributed by atoms with Crippen LogP contribution in [0.15, 0.2) is 53.4 Å². The smallest absolute Gasteiger partial charge is 0.293 e. The van der Waals surface area contributed by atoms with Gasteiger partial charge in [0.2, 0.25) is 0 Å². The zero-order chi connectivity index (χ0) is 18.7. The number of ketones is 1. The Labute approximate surface area is 153 Å². The van der Waals surface area contributed by atoms with Crippen LogP contribution in [0.1, 0.15) is 15.9 Å². The minimum atomic E-state index is -0.522. The number of hydrogen-bond donors (Lipinski definition) is 0. The van der Waals surface area contributed by atoms with Gasteiger partial charge in [-0.2, -0.15) is 0 Å². The van der Waals surface area contributed by atoms with E-state index in [0.717, 1.165) is 34.4 Å². The summed E-state index contributed by atoms with van der Waals surface area (Å²) in [4.78, 5) is 37.9. The Balaban J connectivity index is 1.74. The van der Waals surface area contributed by atoms with Crippen molar-refractivity contribution in [3.8, 4) is 5.75 Å². The van der Waals surface area contributed by atoms with Crippen LogP contribution < -0.4 is 4.74 Å². The van der Waals surface area contributed by atoms with Crippen LogP contribution in [-0.2, 0) is 4.79 Å². The fraction of sp³-hybridized carbons (Fsp3) is 0.105. The van der Waals surface area contributed by atoms with Gasteiger partial charge in [-0.15, -0.1) is 0 Å². The molecule has 5 nitrogen and oxygen atoms in total. The van der Waals surface area contributed by atoms with Crippen LogP contribution in [0.25, 0.3) is 6.08 Å². The monoisotopic (exact) mass is 371 g/mol. The molecule has 1 fully saturated rings. The van der Waals surface area contributed by atoms with Crippen molar-refractivity contribution in [1.29, 1.82) is 0 Å². The van der Waals surface area contributed by atoms with Gasteiger partial charge < -0.3 is 4.74 Å². The van der Waals surface area contributed by atoms with Crippen LogP contribution in [0.3, 0.4) is 0 Å². The van der Waals surface area contributed by atoms with Crippen molar-refractivity contribution in [2.45, 2.75) is 0 Å². The summed E-state index contributed by atoms with van der Waals surface area (Å²) in [6.45, 7) is -0.379. The first-order chi connectivity index (χ1) is 12.5. The lowest BCUT2D eigenvalue weighted by atomic mass is 10.1. The number of rotatable bonds is 5. The second-order valence-electron chi connectivity index (χ2n) is 5.47. The number of hydrogen-bond acceptors (Lipinski definition) is 5. The first kappa shape index (κ1) is 17.9. The second kappa shape index (κ2) is 7.53. The lowest BCUT2D eigenvalue weighted by Gasteiger charge is -2.11. The van der Waals surface area contributed by atoms with E-state index >= 15 is 0 Å². The van der Waals surface area contributed by atoms with Crippen molar-refractivity contribution >= 4 is 34.8 Å². The predicted molar refractivity (Wildman–Crippen MR) is 96.4 cm³/mol. The number of nitrogens with zero attached hydrogens (tertiary/aromatic N) is 1. The summed E-state index contributed by atoms with van der Waals surface area (Å²) >= 11 is 0.781. The first-order valence-electron chi connectivity index (χ1n) is 7.66. The first-order valence-corrected chi connectivity index (χ1v) is 8.48. The van der Waals surface area contributed by atoms with E-state index < -0.39 is 22.7 Å². The van der Waals surface area contributed by atoms with Gasteiger partial charge >= 0.3 is 0 Å². The molecule has 0 aliphatic carbocycles. The maximum absolute atomic E-state index is 12.9. The summed E-state index contributed by atoms with van der Waals surface area (Å²) in [7, 11) is 1.55. The number of carbonyl (C=O) groups is 3. The van der Waals surface area contributed by atoms with Gasteiger partial charge in [0.05, 0.1) is 18.6 Å². The molecular formula is C19H14FNO4S. The minimum Gasteiger partial charge on any atom is -0.497 e. The van der Waals surface area contributed by atoms with Crippen LogP contribution in [0, 0.1) is 5.82 Å². The molecule has 7 heteroatoms. The van der Waals surface area contributed by atoms with Crippen molar-refractivity contribution in [2.75, 3.05) is 13.7 Å². The van der Waals surface area contributed by atoms with E-state index in [4.69, 9.17) is 4.74 Å². The molecule has 0 atom stereocenters. The number of benzene rings is 2. The molecule has 0 unspecified atom stereocenters. The summed E-state index contributed by atoms with van der Waals surface area (Å²) in [5, 5.41) is -0.509. The van der Waals surface area contributed by atoms with Gasteiger partial charge in [-0.3, -0.25) is 19.3 Å². The highest BCUT2D eigenvalue weighted by Crippen LogP contribution is 2.32. The maximum Gasteiger partial charge on any atom is 0.293 e. The van der Waals surface area contributed by atoms with Crippen LogP contribution in [-0.4, -0.2) is 35.5 Å². The third-order valence-electron chi connectivity index (χ3n) is 3.76. The predicted octanol–water partition coefficient (Wildman–Crippen LogP) is 3.75. The van der Waals surface area contributed by atoms with Gasteiger partial charge in [-0.25, -0.2) is 4.39 Å². The zero-order valence-electron chi connectivity index (χ0n) is 13.8. The van der Waals surface area contributed by atoms with Crippen LogP contribution in [0.2, 0.25) is 0 Å². The third-order valence-corrected chi connectivity index (χ3v) is 4.66. The molecule has 26 heavy (non-hydrogen) atoms. The van der Waals surface area contributed by atoms with Crippen molar-refractivity contribution in [1.82, 2.24) is 4.90 Å². The Morgan fingerprint density at radius 3 is 2.38 bits per heavy atom. The number of amides is 2. The average molecular weight is 371 g/mol. The summed E-state index contributed by atoms with van der Waals surface area (Å²) < 4.78 is 18.0. The summed E-state index contributed by atoms with van der Waals surface area (Å²) in [5.74, 6) is -0.737. The number of thioether (sulfide) groups is 1. The topological polar surface area (TPSA) is 63.7 Å². The highest BCUT2D eigenvalue weighted by atomic mass is 32.2. The Hall–Kier alpha value is -2.93. The largest absolute Gasteiger partial charge is 0.497 e. The standard InChI is InChI=1S/C19H14FNO4S/c1-25-15-8-2-12(3-9-15)10-17-18(23)21(19(24)26-17)11-16(22)13-4-6-14(20)7-5-13/h2-10H,11H2,1H3/b17-10+. The number of carbonyl (C=O) groups excluding carboxylic acids is 3. The lowest BCUT2D eigenvalue weighted by Crippen LogP contribution is -2.33. The van der Waals surface area contributed by atoms with Crippen LogP contribution >= 0.6 is 11.8 Å². The average Bonchev–Trinajstić information content (AvgIpc) is 2.90. The Morgan fingerprint density at radius 2 is 1.77 bits per heavy atom. The van der Waals surface area contributed by atoms with E-state index in [1.165, 1.54) is 12.1 Å². The summed E-state index contributed by atoms with van der Waals surface area (Å²) in [5.41, 5.74) is 0.978. The molecule has 1 heterocycles. The van der Waals surface area contributed by atoms with Gasteiger partial charge in [-0.05, 0) is 59.8 Å². The van der Waals surface area contributed by atoms with Gasteiger partial charge in [-0.1, -0.05) is 12.1 Å². The van der Waals surface area contributed by atoms with Crippen molar-refractivity contribution < 1.29 is 23.5 Å². The van der Waals surface area contributed by atoms with Crippen LogP contribution in [0.5, 0.6) is 5.75 Å². The molecule has 3 rings (SSSR count). The third kappa shape index (κ3) is 3.83. The molecule has 2 aromatic rings. The Morgan fingerprint density at radius 1 is 1.12 bits per heavy atom. The van der Waals surface area contributed by atoms with Gasteiger partial charge in [0.15, 0.2) is 5.78 Å². The quantitative estimate of drug-likeness (QED) is 0.592. The Kier molecular flexibility index (Phi) is 5.18. The maximum atomic E-state index is 12.9. The summed E-state index contributed by atoms with van der Waals surface area (Å²) in [6, 6.07) is 12.0. The molecule has 0 radical (unpaired) electrons. The zero-order valence-corrected chi connectivity index (χ0v) is 14.6. The number of ether oxygens (including phenoxy) is 1. The van der Waals surface area contributed by atoms with Gasteiger partial charge in [0.1, 0.15) is 11.6 Å². The van der Waals surface area contributed by atoms with Gasteiger partial charge in [0.25, 0.3) is 11.1 Å². The fourth-order valence-corrected chi connectivity index (χ4v) is 3.20. The fourth-order valence-electron chi connectivity index (χ4n) is 2.36. The van der Waals surface area contributed by atoms with E-state index in [9.17, 15) is 18.8 Å². The molecular weight excluding hydrogens is 357 g/mol. The molecule has 132 valence electrons. The lowest BCUT2D eigenvalue weighted by molar-refractivity contribution is -0.122. The van der Waals surface area contributed by atoms with E-state index in [1.54, 1.807) is 37.5 Å². The number of Topliss-reactive ketones (excluding diaryl/α,β-unsaturated/α-hetero) is 1. The van der Waals surface area contributed by atoms with E-state index in [1.807, 2.05) is 0 Å². The van der Waals surface area contributed by atoms with Crippen molar-refractivity contribution in [2.24, 2.45) is 0 Å². The summed E-state index contributed by atoms with van der Waals surface area (Å²) in [6.07, 6.45) is 1.59. The molecule has 0 saturated carbocycles. The van der Waals surface area contributed by atoms with Crippen molar-refractivity contribution in [3.63, 3.8) is 0 Å². The van der Waals surface area contributed by atoms with Crippen LogP contribution in [0.4, 0.5) is 9.18 Å². The molecule has 0 aromatic heterocycles. The molecule has 0 spiro atoms. The number of methoxy groups -OCH3 is 1. The number of imide groups is 1. The molecule has 2 amide bonds. The second-order valence-corrected chi connectivity index (χ2v) is 6.46. The molecule has 1 saturated heterocycles. The molecule has 0 N–H and O–H groups in total. The molecule has 1 aliphatic rings. The van der Waals surface area contributed by atoms with E-state index in [2.05, 4.69) is 0 Å². The minimum absolute atomic E-state index is 0.240. The van der Waals surface area contributed by atoms with E-state index in [-0.39, 0.29) is 17.0 Å². The molecule has 0 bridgehead atoms. The highest BCUT2D eigenvalue weighted by Gasteiger charge is 2.36.